The molecule has 0 saturated carbocycles. The topological polar surface area (TPSA) is 75.1 Å². The Morgan fingerprint density at radius 1 is 1.19 bits per heavy atom. The predicted molar refractivity (Wildman–Crippen MR) is 142 cm³/mol. The first kappa shape index (κ1) is 24.8. The van der Waals surface area contributed by atoms with Gasteiger partial charge >= 0.3 is 0 Å². The number of piperidine rings is 2. The molecule has 1 amide bonds. The van der Waals surface area contributed by atoms with Crippen LogP contribution in [0.1, 0.15) is 50.4 Å². The van der Waals surface area contributed by atoms with E-state index >= 15 is 0 Å². The molecule has 0 radical (unpaired) electrons. The van der Waals surface area contributed by atoms with Gasteiger partial charge in [0, 0.05) is 36.9 Å². The molecular formula is C28H37FN6O. The Bertz CT molecular complexity index is 1210. The maximum absolute atomic E-state index is 14.1. The van der Waals surface area contributed by atoms with Crippen LogP contribution in [-0.4, -0.2) is 57.9 Å². The number of pyridine rings is 1. The number of halogens is 1. The quantitative estimate of drug-likeness (QED) is 0.509. The maximum atomic E-state index is 14.1. The SMILES string of the molecule is C[C@H](F)Cc1nc(NC(=O)C2CCNCC2)cc2cc(-c3cnn(C)c3CN3CCCCC3)ccc12. The van der Waals surface area contributed by atoms with Gasteiger partial charge in [-0.2, -0.15) is 5.10 Å². The smallest absolute Gasteiger partial charge is 0.228 e. The molecule has 1 aromatic carbocycles. The Morgan fingerprint density at radius 3 is 2.72 bits per heavy atom. The van der Waals surface area contributed by atoms with Crippen molar-refractivity contribution in [2.24, 2.45) is 13.0 Å². The molecule has 1 atom stereocenters. The van der Waals surface area contributed by atoms with Gasteiger partial charge in [0.05, 0.1) is 17.6 Å². The molecule has 0 spiro atoms. The number of alkyl halides is 1. The summed E-state index contributed by atoms with van der Waals surface area (Å²) in [5.41, 5.74) is 4.06. The number of nitrogens with one attached hydrogen (secondary N) is 2. The van der Waals surface area contributed by atoms with E-state index in [1.54, 1.807) is 6.92 Å². The van der Waals surface area contributed by atoms with E-state index in [4.69, 9.17) is 0 Å². The summed E-state index contributed by atoms with van der Waals surface area (Å²) >= 11 is 0. The first-order chi connectivity index (χ1) is 17.5. The highest BCUT2D eigenvalue weighted by Gasteiger charge is 2.22. The Morgan fingerprint density at radius 2 is 1.97 bits per heavy atom. The Balaban J connectivity index is 1.48. The average Bonchev–Trinajstić information content (AvgIpc) is 3.24. The highest BCUT2D eigenvalue weighted by Crippen LogP contribution is 2.31. The van der Waals surface area contributed by atoms with Crippen molar-refractivity contribution in [3.8, 4) is 11.1 Å². The van der Waals surface area contributed by atoms with Gasteiger partial charge in [-0.05, 0) is 81.9 Å². The van der Waals surface area contributed by atoms with Gasteiger partial charge in [0.15, 0.2) is 0 Å². The van der Waals surface area contributed by atoms with E-state index in [2.05, 4.69) is 37.7 Å². The van der Waals surface area contributed by atoms with Crippen molar-refractivity contribution in [3.63, 3.8) is 0 Å². The number of hydrogen-bond donors (Lipinski definition) is 2. The van der Waals surface area contributed by atoms with Gasteiger partial charge < -0.3 is 10.6 Å². The number of hydrogen-bond acceptors (Lipinski definition) is 5. The lowest BCUT2D eigenvalue weighted by Gasteiger charge is -2.26. The Hall–Kier alpha value is -2.84. The van der Waals surface area contributed by atoms with Gasteiger partial charge in [-0.25, -0.2) is 9.37 Å². The normalized spacial score (nSPS) is 18.4. The van der Waals surface area contributed by atoms with Crippen LogP contribution in [0.3, 0.4) is 0 Å². The Kier molecular flexibility index (Phi) is 7.62. The van der Waals surface area contributed by atoms with Gasteiger partial charge in [-0.15, -0.1) is 0 Å². The minimum absolute atomic E-state index is 0.00479. The number of aromatic nitrogens is 3. The number of fused-ring (bicyclic) bond motifs is 1. The summed E-state index contributed by atoms with van der Waals surface area (Å²) in [6, 6.07) is 8.16. The lowest BCUT2D eigenvalue weighted by atomic mass is 9.97. The molecule has 4 heterocycles. The molecule has 0 unspecified atom stereocenters. The van der Waals surface area contributed by atoms with E-state index in [-0.39, 0.29) is 18.2 Å². The van der Waals surface area contributed by atoms with Crippen LogP contribution in [0, 0.1) is 5.92 Å². The summed E-state index contributed by atoms with van der Waals surface area (Å²) in [5, 5.41) is 12.8. The molecular weight excluding hydrogens is 455 g/mol. The van der Waals surface area contributed by atoms with Crippen molar-refractivity contribution in [2.45, 2.75) is 58.2 Å². The molecule has 5 rings (SSSR count). The number of amides is 1. The standard InChI is InChI=1S/C28H37FN6O/c1-19(29)14-25-23-7-6-21(24-17-31-34(2)26(24)18-35-12-4-3-5-13-35)15-22(23)16-27(32-25)33-28(36)20-8-10-30-11-9-20/h6-7,15-17,19-20,30H,3-5,8-14,18H2,1-2H3,(H,32,33,36)/t19-/m0/s1. The maximum Gasteiger partial charge on any atom is 0.228 e. The second-order valence-corrected chi connectivity index (χ2v) is 10.4. The third-order valence-corrected chi connectivity index (χ3v) is 7.54. The number of benzene rings is 1. The summed E-state index contributed by atoms with van der Waals surface area (Å²) in [5.74, 6) is 0.472. The van der Waals surface area contributed by atoms with Crippen LogP contribution in [-0.2, 0) is 24.8 Å². The first-order valence-electron chi connectivity index (χ1n) is 13.3. The number of anilines is 1. The second kappa shape index (κ2) is 11.0. The van der Waals surface area contributed by atoms with Crippen molar-refractivity contribution >= 4 is 22.5 Å². The molecule has 0 aliphatic carbocycles. The number of likely N-dealkylation sites (tertiary alicyclic amines) is 1. The zero-order valence-electron chi connectivity index (χ0n) is 21.4. The third-order valence-electron chi connectivity index (χ3n) is 7.54. The van der Waals surface area contributed by atoms with Gasteiger partial charge in [0.2, 0.25) is 5.91 Å². The van der Waals surface area contributed by atoms with Gasteiger partial charge in [0.1, 0.15) is 12.0 Å². The second-order valence-electron chi connectivity index (χ2n) is 10.4. The molecule has 2 N–H and O–H groups in total. The molecule has 3 aromatic rings. The first-order valence-corrected chi connectivity index (χ1v) is 13.3. The lowest BCUT2D eigenvalue weighted by molar-refractivity contribution is -0.120. The van der Waals surface area contributed by atoms with Gasteiger partial charge in [-0.1, -0.05) is 18.6 Å². The predicted octanol–water partition coefficient (Wildman–Crippen LogP) is 4.46. The fourth-order valence-electron chi connectivity index (χ4n) is 5.52. The number of carbonyl (C=O) groups is 1. The number of rotatable bonds is 7. The number of nitrogens with zero attached hydrogens (tertiary/aromatic N) is 4. The summed E-state index contributed by atoms with van der Waals surface area (Å²) < 4.78 is 16.0. The van der Waals surface area contributed by atoms with Crippen LogP contribution < -0.4 is 10.6 Å². The third kappa shape index (κ3) is 5.60. The van der Waals surface area contributed by atoms with Crippen molar-refractivity contribution in [3.05, 3.63) is 41.9 Å². The monoisotopic (exact) mass is 492 g/mol. The zero-order chi connectivity index (χ0) is 25.1. The number of aryl methyl sites for hydroxylation is 1. The summed E-state index contributed by atoms with van der Waals surface area (Å²) in [6.45, 7) is 6.37. The van der Waals surface area contributed by atoms with E-state index in [1.807, 2.05) is 30.1 Å². The summed E-state index contributed by atoms with van der Waals surface area (Å²) in [7, 11) is 2.00. The molecule has 2 aromatic heterocycles. The van der Waals surface area contributed by atoms with Crippen LogP contribution in [0.4, 0.5) is 10.2 Å². The summed E-state index contributed by atoms with van der Waals surface area (Å²) in [6.07, 6.45) is 6.56. The van der Waals surface area contributed by atoms with Crippen LogP contribution in [0.15, 0.2) is 30.5 Å². The lowest BCUT2D eigenvalue weighted by Crippen LogP contribution is -2.34. The molecule has 0 bridgehead atoms. The van der Waals surface area contributed by atoms with E-state index in [9.17, 15) is 9.18 Å². The van der Waals surface area contributed by atoms with Gasteiger partial charge in [-0.3, -0.25) is 14.4 Å². The molecule has 7 nitrogen and oxygen atoms in total. The molecule has 192 valence electrons. The minimum atomic E-state index is -1.02. The van der Waals surface area contributed by atoms with E-state index < -0.39 is 6.17 Å². The van der Waals surface area contributed by atoms with Crippen LogP contribution >= 0.6 is 0 Å². The van der Waals surface area contributed by atoms with E-state index in [1.165, 1.54) is 25.0 Å². The minimum Gasteiger partial charge on any atom is -0.317 e. The van der Waals surface area contributed by atoms with Crippen molar-refractivity contribution in [1.82, 2.24) is 25.0 Å². The largest absolute Gasteiger partial charge is 0.317 e. The molecule has 8 heteroatoms. The molecule has 2 fully saturated rings. The average molecular weight is 493 g/mol. The fourth-order valence-corrected chi connectivity index (χ4v) is 5.52. The van der Waals surface area contributed by atoms with Crippen LogP contribution in [0.2, 0.25) is 0 Å². The Labute approximate surface area is 212 Å². The highest BCUT2D eigenvalue weighted by molar-refractivity contribution is 5.96. The molecule has 36 heavy (non-hydrogen) atoms. The van der Waals surface area contributed by atoms with Crippen molar-refractivity contribution < 1.29 is 9.18 Å². The van der Waals surface area contributed by atoms with Crippen molar-refractivity contribution in [1.29, 1.82) is 0 Å². The van der Waals surface area contributed by atoms with Crippen molar-refractivity contribution in [2.75, 3.05) is 31.5 Å². The van der Waals surface area contributed by atoms with E-state index in [0.29, 0.717) is 11.5 Å². The molecule has 2 aliphatic heterocycles. The number of carbonyl (C=O) groups excluding carboxylic acids is 1. The van der Waals surface area contributed by atoms with Crippen LogP contribution in [0.25, 0.3) is 21.9 Å². The fraction of sp³-hybridized carbons (Fsp3) is 0.536. The van der Waals surface area contributed by atoms with Crippen LogP contribution in [0.5, 0.6) is 0 Å². The van der Waals surface area contributed by atoms with E-state index in [0.717, 1.165) is 67.5 Å². The van der Waals surface area contributed by atoms with Gasteiger partial charge in [0.25, 0.3) is 0 Å². The summed E-state index contributed by atoms with van der Waals surface area (Å²) in [4.78, 5) is 20.1. The zero-order valence-corrected chi connectivity index (χ0v) is 21.4. The molecule has 2 saturated heterocycles. The highest BCUT2D eigenvalue weighted by atomic mass is 19.1. The molecule has 2 aliphatic rings.